The van der Waals surface area contributed by atoms with E-state index in [0.29, 0.717) is 0 Å². The highest BCUT2D eigenvalue weighted by Gasteiger charge is 2.09. The molecule has 2 rings (SSSR count). The van der Waals surface area contributed by atoms with Crippen molar-refractivity contribution in [3.05, 3.63) is 57.0 Å². The Bertz CT molecular complexity index is 586. The highest BCUT2D eigenvalue weighted by atomic mass is 79.9. The summed E-state index contributed by atoms with van der Waals surface area (Å²) in [6.45, 7) is 2.13. The lowest BCUT2D eigenvalue weighted by molar-refractivity contribution is 0.641. The van der Waals surface area contributed by atoms with Crippen molar-refractivity contribution >= 4 is 43.6 Å². The maximum atomic E-state index is 6.10. The lowest BCUT2D eigenvalue weighted by atomic mass is 10.1. The highest BCUT2D eigenvalue weighted by molar-refractivity contribution is 9.10. The van der Waals surface area contributed by atoms with Crippen LogP contribution in [0, 0.1) is 0 Å². The highest BCUT2D eigenvalue weighted by Crippen LogP contribution is 2.34. The molecular weight excluding hydrogens is 398 g/mol. The van der Waals surface area contributed by atoms with E-state index in [0.717, 1.165) is 21.8 Å². The summed E-state index contributed by atoms with van der Waals surface area (Å²) in [5.41, 5.74) is 7.41. The van der Waals surface area contributed by atoms with Crippen LogP contribution in [0.15, 0.2) is 61.2 Å². The molecule has 4 heteroatoms. The van der Waals surface area contributed by atoms with Gasteiger partial charge in [0, 0.05) is 24.8 Å². The lowest BCUT2D eigenvalue weighted by Gasteiger charge is -2.14. The smallest absolute Gasteiger partial charge is 0.0186 e. The molecule has 0 bridgehead atoms. The van der Waals surface area contributed by atoms with Crippen LogP contribution in [0.3, 0.4) is 0 Å². The molecule has 1 unspecified atom stereocenters. The zero-order valence-electron chi connectivity index (χ0n) is 11.3. The molecule has 0 saturated heterocycles. The maximum absolute atomic E-state index is 6.10. The Labute approximate surface area is 141 Å². The first kappa shape index (κ1) is 16.1. The fraction of sp³-hybridized carbons (Fsp3) is 0.250. The standard InChI is InChI=1S/C16H17Br2NS/c1-2-14(19)8-11-6-7-13(18)10-16(11)20-15-5-3-4-12(17)9-15/h3-7,9-10,14H,2,8,19H2,1H3. The fourth-order valence-electron chi connectivity index (χ4n) is 1.88. The summed E-state index contributed by atoms with van der Waals surface area (Å²) in [4.78, 5) is 2.49. The third-order valence-corrected chi connectivity index (χ3v) is 5.14. The minimum atomic E-state index is 0.220. The molecule has 0 aliphatic carbocycles. The molecule has 0 fully saturated rings. The summed E-state index contributed by atoms with van der Waals surface area (Å²) < 4.78 is 2.20. The van der Waals surface area contributed by atoms with Crippen LogP contribution >= 0.6 is 43.6 Å². The molecule has 1 nitrogen and oxygen atoms in total. The van der Waals surface area contributed by atoms with Crippen LogP contribution in [0.5, 0.6) is 0 Å². The first-order valence-electron chi connectivity index (χ1n) is 6.56. The molecule has 0 aliphatic heterocycles. The van der Waals surface area contributed by atoms with Gasteiger partial charge in [0.2, 0.25) is 0 Å². The molecule has 2 aromatic rings. The van der Waals surface area contributed by atoms with Crippen LogP contribution in [-0.4, -0.2) is 6.04 Å². The molecular formula is C16H17Br2NS. The van der Waals surface area contributed by atoms with Gasteiger partial charge >= 0.3 is 0 Å². The Morgan fingerprint density at radius 1 is 1.10 bits per heavy atom. The molecule has 2 N–H and O–H groups in total. The van der Waals surface area contributed by atoms with E-state index in [9.17, 15) is 0 Å². The van der Waals surface area contributed by atoms with Crippen molar-refractivity contribution in [2.75, 3.05) is 0 Å². The van der Waals surface area contributed by atoms with E-state index in [1.165, 1.54) is 15.4 Å². The number of rotatable bonds is 5. The molecule has 1 atom stereocenters. The van der Waals surface area contributed by atoms with Crippen molar-refractivity contribution in [2.24, 2.45) is 5.73 Å². The minimum absolute atomic E-state index is 0.220. The summed E-state index contributed by atoms with van der Waals surface area (Å²) in [5.74, 6) is 0. The van der Waals surface area contributed by atoms with E-state index in [-0.39, 0.29) is 6.04 Å². The van der Waals surface area contributed by atoms with Gasteiger partial charge in [-0.15, -0.1) is 0 Å². The van der Waals surface area contributed by atoms with Crippen molar-refractivity contribution in [1.29, 1.82) is 0 Å². The van der Waals surface area contributed by atoms with Crippen molar-refractivity contribution in [1.82, 2.24) is 0 Å². The number of benzene rings is 2. The topological polar surface area (TPSA) is 26.0 Å². The number of halogens is 2. The Morgan fingerprint density at radius 3 is 2.55 bits per heavy atom. The second-order valence-corrected chi connectivity index (χ2v) is 7.63. The van der Waals surface area contributed by atoms with E-state index >= 15 is 0 Å². The SMILES string of the molecule is CCC(N)Cc1ccc(Br)cc1Sc1cccc(Br)c1. The molecule has 0 heterocycles. The maximum Gasteiger partial charge on any atom is 0.0186 e. The molecule has 20 heavy (non-hydrogen) atoms. The average Bonchev–Trinajstić information content (AvgIpc) is 2.41. The zero-order chi connectivity index (χ0) is 14.5. The molecule has 0 spiro atoms. The summed E-state index contributed by atoms with van der Waals surface area (Å²) in [5, 5.41) is 0. The predicted octanol–water partition coefficient (Wildman–Crippen LogP) is 5.64. The second-order valence-electron chi connectivity index (χ2n) is 4.68. The first-order chi connectivity index (χ1) is 9.58. The minimum Gasteiger partial charge on any atom is -0.327 e. The van der Waals surface area contributed by atoms with E-state index in [1.807, 2.05) is 6.07 Å². The van der Waals surface area contributed by atoms with Gasteiger partial charge in [-0.3, -0.25) is 0 Å². The van der Waals surface area contributed by atoms with E-state index < -0.39 is 0 Å². The van der Waals surface area contributed by atoms with Gasteiger partial charge in [0.25, 0.3) is 0 Å². The Morgan fingerprint density at radius 2 is 1.85 bits per heavy atom. The van der Waals surface area contributed by atoms with Gasteiger partial charge in [0.1, 0.15) is 0 Å². The van der Waals surface area contributed by atoms with Crippen molar-refractivity contribution in [3.8, 4) is 0 Å². The Balaban J connectivity index is 2.27. The lowest BCUT2D eigenvalue weighted by Crippen LogP contribution is -2.21. The Hall–Kier alpha value is -0.290. The molecule has 0 radical (unpaired) electrons. The van der Waals surface area contributed by atoms with Crippen molar-refractivity contribution in [3.63, 3.8) is 0 Å². The predicted molar refractivity (Wildman–Crippen MR) is 94.4 cm³/mol. The molecule has 0 amide bonds. The zero-order valence-corrected chi connectivity index (χ0v) is 15.3. The van der Waals surface area contributed by atoms with Gasteiger partial charge < -0.3 is 5.73 Å². The summed E-state index contributed by atoms with van der Waals surface area (Å²) in [6, 6.07) is 15.0. The Kier molecular flexibility index (Phi) is 6.15. The third kappa shape index (κ3) is 4.62. The largest absolute Gasteiger partial charge is 0.327 e. The van der Waals surface area contributed by atoms with Crippen molar-refractivity contribution in [2.45, 2.75) is 35.6 Å². The number of hydrogen-bond acceptors (Lipinski definition) is 2. The van der Waals surface area contributed by atoms with E-state index in [4.69, 9.17) is 5.73 Å². The molecule has 0 saturated carbocycles. The fourth-order valence-corrected chi connectivity index (χ4v) is 3.99. The van der Waals surface area contributed by atoms with E-state index in [1.54, 1.807) is 11.8 Å². The van der Waals surface area contributed by atoms with Crippen LogP contribution < -0.4 is 5.73 Å². The summed E-state index contributed by atoms with van der Waals surface area (Å²) in [7, 11) is 0. The van der Waals surface area contributed by atoms with Gasteiger partial charge in [0.05, 0.1) is 0 Å². The molecule has 0 aromatic heterocycles. The summed E-state index contributed by atoms with van der Waals surface area (Å²) in [6.07, 6.45) is 1.91. The monoisotopic (exact) mass is 413 g/mol. The molecule has 0 aliphatic rings. The first-order valence-corrected chi connectivity index (χ1v) is 8.96. The average molecular weight is 415 g/mol. The van der Waals surface area contributed by atoms with Gasteiger partial charge in [-0.2, -0.15) is 0 Å². The molecule has 106 valence electrons. The van der Waals surface area contributed by atoms with Gasteiger partial charge in [-0.25, -0.2) is 0 Å². The van der Waals surface area contributed by atoms with Crippen molar-refractivity contribution < 1.29 is 0 Å². The van der Waals surface area contributed by atoms with Crippen LogP contribution in [-0.2, 0) is 6.42 Å². The van der Waals surface area contributed by atoms with Crippen LogP contribution in [0.2, 0.25) is 0 Å². The van der Waals surface area contributed by atoms with Crippen LogP contribution in [0.4, 0.5) is 0 Å². The number of nitrogens with two attached hydrogens (primary N) is 1. The summed E-state index contributed by atoms with van der Waals surface area (Å²) >= 11 is 8.85. The number of hydrogen-bond donors (Lipinski definition) is 1. The van der Waals surface area contributed by atoms with E-state index in [2.05, 4.69) is 75.2 Å². The normalized spacial score (nSPS) is 12.4. The van der Waals surface area contributed by atoms with Crippen LogP contribution in [0.25, 0.3) is 0 Å². The van der Waals surface area contributed by atoms with Gasteiger partial charge in [-0.1, -0.05) is 62.7 Å². The van der Waals surface area contributed by atoms with Gasteiger partial charge in [-0.05, 0) is 48.7 Å². The van der Waals surface area contributed by atoms with Gasteiger partial charge in [0.15, 0.2) is 0 Å². The quantitative estimate of drug-likeness (QED) is 0.684. The van der Waals surface area contributed by atoms with Crippen LogP contribution in [0.1, 0.15) is 18.9 Å². The molecule has 2 aromatic carbocycles. The second kappa shape index (κ2) is 7.64. The third-order valence-electron chi connectivity index (χ3n) is 3.06.